The first-order chi connectivity index (χ1) is 11.5. The average Bonchev–Trinajstić information content (AvgIpc) is 2.55. The fraction of sp³-hybridized carbons (Fsp3) is 0.556. The van der Waals surface area contributed by atoms with Gasteiger partial charge < -0.3 is 20.3 Å². The Hall–Kier alpha value is -2.24. The zero-order valence-corrected chi connectivity index (χ0v) is 14.7. The summed E-state index contributed by atoms with van der Waals surface area (Å²) in [5.74, 6) is 0.762. The monoisotopic (exact) mass is 333 g/mol. The number of piperidine rings is 1. The summed E-state index contributed by atoms with van der Waals surface area (Å²) in [6.07, 6.45) is 1.91. The largest absolute Gasteiger partial charge is 0.497 e. The van der Waals surface area contributed by atoms with Gasteiger partial charge in [0.2, 0.25) is 5.91 Å². The van der Waals surface area contributed by atoms with E-state index in [4.69, 9.17) is 4.74 Å². The Balaban J connectivity index is 1.76. The normalized spacial score (nSPS) is 15.2. The van der Waals surface area contributed by atoms with Gasteiger partial charge in [0.1, 0.15) is 5.75 Å². The number of amides is 3. The van der Waals surface area contributed by atoms with Gasteiger partial charge in [0.25, 0.3) is 0 Å². The lowest BCUT2D eigenvalue weighted by Crippen LogP contribution is -2.50. The number of likely N-dealkylation sites (tertiary alicyclic amines) is 1. The third-order valence-corrected chi connectivity index (χ3v) is 4.06. The zero-order valence-electron chi connectivity index (χ0n) is 14.7. The van der Waals surface area contributed by atoms with Crippen LogP contribution in [0.4, 0.5) is 4.79 Å². The van der Waals surface area contributed by atoms with Crippen molar-refractivity contribution in [1.29, 1.82) is 0 Å². The van der Waals surface area contributed by atoms with Crippen molar-refractivity contribution in [2.75, 3.05) is 20.2 Å². The molecule has 24 heavy (non-hydrogen) atoms. The van der Waals surface area contributed by atoms with Gasteiger partial charge in [0.15, 0.2) is 0 Å². The SMILES string of the molecule is COc1cccc(CC(=O)NC2CCN(C(=O)NC(C)C)CC2)c1. The van der Waals surface area contributed by atoms with E-state index >= 15 is 0 Å². The Bertz CT molecular complexity index is 566. The van der Waals surface area contributed by atoms with Crippen LogP contribution < -0.4 is 15.4 Å². The number of hydrogen-bond acceptors (Lipinski definition) is 3. The molecule has 1 saturated heterocycles. The van der Waals surface area contributed by atoms with Gasteiger partial charge in [-0.2, -0.15) is 0 Å². The molecule has 0 bridgehead atoms. The van der Waals surface area contributed by atoms with Crippen LogP contribution in [-0.2, 0) is 11.2 Å². The Morgan fingerprint density at radius 3 is 2.62 bits per heavy atom. The van der Waals surface area contributed by atoms with Crippen LogP contribution >= 0.6 is 0 Å². The van der Waals surface area contributed by atoms with E-state index in [0.717, 1.165) is 24.2 Å². The molecule has 2 rings (SSSR count). The van der Waals surface area contributed by atoms with Gasteiger partial charge >= 0.3 is 6.03 Å². The van der Waals surface area contributed by atoms with E-state index in [0.29, 0.717) is 19.5 Å². The molecule has 6 nitrogen and oxygen atoms in total. The fourth-order valence-corrected chi connectivity index (χ4v) is 2.81. The second-order valence-electron chi connectivity index (χ2n) is 6.46. The van der Waals surface area contributed by atoms with Gasteiger partial charge in [-0.05, 0) is 44.4 Å². The summed E-state index contributed by atoms with van der Waals surface area (Å²) in [5.41, 5.74) is 0.931. The van der Waals surface area contributed by atoms with Crippen LogP contribution in [0, 0.1) is 0 Å². The number of methoxy groups -OCH3 is 1. The molecule has 0 aliphatic carbocycles. The van der Waals surface area contributed by atoms with Crippen molar-refractivity contribution < 1.29 is 14.3 Å². The standard InChI is InChI=1S/C18H27N3O3/c1-13(2)19-18(23)21-9-7-15(8-10-21)20-17(22)12-14-5-4-6-16(11-14)24-3/h4-6,11,13,15H,7-10,12H2,1-3H3,(H,19,23)(H,20,22). The Morgan fingerprint density at radius 2 is 2.00 bits per heavy atom. The highest BCUT2D eigenvalue weighted by molar-refractivity contribution is 5.79. The van der Waals surface area contributed by atoms with Crippen LogP contribution in [0.2, 0.25) is 0 Å². The quantitative estimate of drug-likeness (QED) is 0.865. The molecule has 1 aliphatic heterocycles. The van der Waals surface area contributed by atoms with Crippen LogP contribution in [0.5, 0.6) is 5.75 Å². The lowest BCUT2D eigenvalue weighted by molar-refractivity contribution is -0.121. The molecule has 0 saturated carbocycles. The third-order valence-electron chi connectivity index (χ3n) is 4.06. The maximum absolute atomic E-state index is 12.2. The zero-order chi connectivity index (χ0) is 17.5. The molecule has 3 amide bonds. The summed E-state index contributed by atoms with van der Waals surface area (Å²) in [4.78, 5) is 26.0. The second kappa shape index (κ2) is 8.57. The first kappa shape index (κ1) is 18.1. The summed E-state index contributed by atoms with van der Waals surface area (Å²) < 4.78 is 5.17. The summed E-state index contributed by atoms with van der Waals surface area (Å²) in [6.45, 7) is 5.23. The minimum Gasteiger partial charge on any atom is -0.497 e. The smallest absolute Gasteiger partial charge is 0.317 e. The maximum Gasteiger partial charge on any atom is 0.317 e. The van der Waals surface area contributed by atoms with Crippen molar-refractivity contribution >= 4 is 11.9 Å². The van der Waals surface area contributed by atoms with Crippen LogP contribution in [0.3, 0.4) is 0 Å². The summed E-state index contributed by atoms with van der Waals surface area (Å²) in [7, 11) is 1.61. The number of ether oxygens (including phenoxy) is 1. The Morgan fingerprint density at radius 1 is 1.29 bits per heavy atom. The van der Waals surface area contributed by atoms with Crippen LogP contribution in [0.15, 0.2) is 24.3 Å². The summed E-state index contributed by atoms with van der Waals surface area (Å²) in [6, 6.07) is 7.78. The van der Waals surface area contributed by atoms with Crippen molar-refractivity contribution in [2.45, 2.75) is 45.2 Å². The van der Waals surface area contributed by atoms with E-state index < -0.39 is 0 Å². The molecular formula is C18H27N3O3. The highest BCUT2D eigenvalue weighted by Crippen LogP contribution is 2.14. The molecule has 0 aromatic heterocycles. The highest BCUT2D eigenvalue weighted by Gasteiger charge is 2.24. The van der Waals surface area contributed by atoms with Crippen LogP contribution in [0.1, 0.15) is 32.3 Å². The van der Waals surface area contributed by atoms with E-state index in [-0.39, 0.29) is 24.0 Å². The van der Waals surface area contributed by atoms with Crippen molar-refractivity contribution in [3.8, 4) is 5.75 Å². The number of nitrogens with one attached hydrogen (secondary N) is 2. The number of carbonyl (C=O) groups is 2. The number of benzene rings is 1. The molecule has 1 aromatic rings. The minimum atomic E-state index is -0.0221. The first-order valence-corrected chi connectivity index (χ1v) is 8.45. The van der Waals surface area contributed by atoms with E-state index in [1.807, 2.05) is 43.0 Å². The first-order valence-electron chi connectivity index (χ1n) is 8.45. The predicted octanol–water partition coefficient (Wildman–Crippen LogP) is 1.94. The van der Waals surface area contributed by atoms with Gasteiger partial charge in [0.05, 0.1) is 13.5 Å². The van der Waals surface area contributed by atoms with Crippen LogP contribution in [0.25, 0.3) is 0 Å². The summed E-state index contributed by atoms with van der Waals surface area (Å²) in [5, 5.41) is 5.97. The van der Waals surface area contributed by atoms with E-state index in [1.165, 1.54) is 0 Å². The van der Waals surface area contributed by atoms with Gasteiger partial charge in [-0.15, -0.1) is 0 Å². The van der Waals surface area contributed by atoms with Crippen molar-refractivity contribution in [2.24, 2.45) is 0 Å². The number of rotatable bonds is 5. The molecule has 1 aliphatic rings. The Kier molecular flexibility index (Phi) is 6.46. The van der Waals surface area contributed by atoms with Crippen LogP contribution in [-0.4, -0.2) is 49.1 Å². The van der Waals surface area contributed by atoms with E-state index in [1.54, 1.807) is 7.11 Å². The maximum atomic E-state index is 12.2. The molecule has 1 heterocycles. The van der Waals surface area contributed by atoms with Gasteiger partial charge in [0, 0.05) is 25.2 Å². The van der Waals surface area contributed by atoms with E-state index in [9.17, 15) is 9.59 Å². The highest BCUT2D eigenvalue weighted by atomic mass is 16.5. The van der Waals surface area contributed by atoms with Gasteiger partial charge in [-0.25, -0.2) is 4.79 Å². The lowest BCUT2D eigenvalue weighted by Gasteiger charge is -2.33. The molecule has 1 fully saturated rings. The fourth-order valence-electron chi connectivity index (χ4n) is 2.81. The molecule has 2 N–H and O–H groups in total. The number of carbonyl (C=O) groups excluding carboxylic acids is 2. The van der Waals surface area contributed by atoms with E-state index in [2.05, 4.69) is 10.6 Å². The summed E-state index contributed by atoms with van der Waals surface area (Å²) >= 11 is 0. The van der Waals surface area contributed by atoms with Gasteiger partial charge in [-0.1, -0.05) is 12.1 Å². The molecule has 0 atom stereocenters. The minimum absolute atomic E-state index is 0.00772. The molecule has 0 unspecified atom stereocenters. The van der Waals surface area contributed by atoms with Gasteiger partial charge in [-0.3, -0.25) is 4.79 Å². The topological polar surface area (TPSA) is 70.7 Å². The predicted molar refractivity (Wildman–Crippen MR) is 93.1 cm³/mol. The van der Waals surface area contributed by atoms with Crippen molar-refractivity contribution in [3.63, 3.8) is 0 Å². The Labute approximate surface area is 143 Å². The second-order valence-corrected chi connectivity index (χ2v) is 6.46. The van der Waals surface area contributed by atoms with Crippen molar-refractivity contribution in [3.05, 3.63) is 29.8 Å². The molecule has 0 spiro atoms. The van der Waals surface area contributed by atoms with Crippen molar-refractivity contribution in [1.82, 2.24) is 15.5 Å². The molecule has 6 heteroatoms. The molecule has 0 radical (unpaired) electrons. The average molecular weight is 333 g/mol. The third kappa shape index (κ3) is 5.44. The number of urea groups is 1. The molecule has 1 aromatic carbocycles. The number of hydrogen-bond donors (Lipinski definition) is 2. The molecule has 132 valence electrons. The number of nitrogens with zero attached hydrogens (tertiary/aromatic N) is 1. The lowest BCUT2D eigenvalue weighted by atomic mass is 10.0. The molecular weight excluding hydrogens is 306 g/mol.